The van der Waals surface area contributed by atoms with Crippen LogP contribution in [0.4, 0.5) is 5.69 Å². The van der Waals surface area contributed by atoms with Gasteiger partial charge in [-0.05, 0) is 56.5 Å². The van der Waals surface area contributed by atoms with Gasteiger partial charge in [0.15, 0.2) is 0 Å². The average molecular weight is 315 g/mol. The second-order valence-corrected chi connectivity index (χ2v) is 6.70. The van der Waals surface area contributed by atoms with Gasteiger partial charge in [0.2, 0.25) is 11.8 Å². The molecule has 0 bridgehead atoms. The Morgan fingerprint density at radius 2 is 2.04 bits per heavy atom. The SMILES string of the molecule is Cc1ccc(N2CC[C@H](C(=O)N(C)[C@H]3CCNC3)C2=O)cc1C. The topological polar surface area (TPSA) is 52.7 Å². The predicted molar refractivity (Wildman–Crippen MR) is 90.4 cm³/mol. The van der Waals surface area contributed by atoms with Crippen molar-refractivity contribution >= 4 is 17.5 Å². The molecule has 0 radical (unpaired) electrons. The zero-order chi connectivity index (χ0) is 16.6. The number of rotatable bonds is 3. The molecule has 3 rings (SSSR count). The van der Waals surface area contributed by atoms with Gasteiger partial charge in [-0.3, -0.25) is 9.59 Å². The fourth-order valence-electron chi connectivity index (χ4n) is 3.45. The number of hydrogen-bond donors (Lipinski definition) is 1. The van der Waals surface area contributed by atoms with Gasteiger partial charge in [0.25, 0.3) is 0 Å². The molecule has 2 amide bonds. The zero-order valence-electron chi connectivity index (χ0n) is 14.1. The van der Waals surface area contributed by atoms with E-state index in [2.05, 4.69) is 12.2 Å². The standard InChI is InChI=1S/C18H25N3O2/c1-12-4-5-14(10-13(12)2)21-9-7-16(18(21)23)17(22)20(3)15-6-8-19-11-15/h4-5,10,15-16,19H,6-9,11H2,1-3H3/t15-,16+/m0/s1. The first-order chi connectivity index (χ1) is 11.0. The van der Waals surface area contributed by atoms with Crippen molar-refractivity contribution in [3.05, 3.63) is 29.3 Å². The van der Waals surface area contributed by atoms with E-state index in [1.165, 1.54) is 11.1 Å². The van der Waals surface area contributed by atoms with E-state index < -0.39 is 5.92 Å². The van der Waals surface area contributed by atoms with Crippen molar-refractivity contribution in [2.24, 2.45) is 5.92 Å². The third-order valence-electron chi connectivity index (χ3n) is 5.24. The molecule has 5 heteroatoms. The van der Waals surface area contributed by atoms with Crippen LogP contribution in [0.1, 0.15) is 24.0 Å². The minimum absolute atomic E-state index is 0.0324. The first kappa shape index (κ1) is 16.0. The third kappa shape index (κ3) is 2.98. The summed E-state index contributed by atoms with van der Waals surface area (Å²) in [6.45, 7) is 6.49. The molecule has 124 valence electrons. The molecule has 0 saturated carbocycles. The third-order valence-corrected chi connectivity index (χ3v) is 5.24. The quantitative estimate of drug-likeness (QED) is 0.860. The van der Waals surface area contributed by atoms with Gasteiger partial charge in [0.05, 0.1) is 0 Å². The molecule has 1 aromatic carbocycles. The van der Waals surface area contributed by atoms with Crippen LogP contribution in [0, 0.1) is 19.8 Å². The lowest BCUT2D eigenvalue weighted by molar-refractivity contribution is -0.140. The van der Waals surface area contributed by atoms with Crippen molar-refractivity contribution < 1.29 is 9.59 Å². The number of carbonyl (C=O) groups is 2. The molecule has 2 fully saturated rings. The van der Waals surface area contributed by atoms with Gasteiger partial charge >= 0.3 is 0 Å². The van der Waals surface area contributed by atoms with Crippen molar-refractivity contribution in [3.63, 3.8) is 0 Å². The molecule has 2 aliphatic rings. The van der Waals surface area contributed by atoms with Gasteiger partial charge in [0.1, 0.15) is 5.92 Å². The van der Waals surface area contributed by atoms with E-state index in [0.29, 0.717) is 13.0 Å². The molecule has 5 nitrogen and oxygen atoms in total. The average Bonchev–Trinajstić information content (AvgIpc) is 3.18. The summed E-state index contributed by atoms with van der Waals surface area (Å²) in [4.78, 5) is 28.9. The lowest BCUT2D eigenvalue weighted by Crippen LogP contribution is -2.44. The van der Waals surface area contributed by atoms with Crippen LogP contribution in [0.15, 0.2) is 18.2 Å². The minimum atomic E-state index is -0.526. The molecule has 2 atom stereocenters. The van der Waals surface area contributed by atoms with Crippen molar-refractivity contribution in [1.82, 2.24) is 10.2 Å². The Hall–Kier alpha value is -1.88. The normalized spacial score (nSPS) is 24.3. The van der Waals surface area contributed by atoms with Crippen LogP contribution in [-0.2, 0) is 9.59 Å². The van der Waals surface area contributed by atoms with E-state index in [-0.39, 0.29) is 17.9 Å². The number of anilines is 1. The van der Waals surface area contributed by atoms with Gasteiger partial charge in [-0.25, -0.2) is 0 Å². The Morgan fingerprint density at radius 3 is 2.70 bits per heavy atom. The molecule has 1 aromatic rings. The highest BCUT2D eigenvalue weighted by atomic mass is 16.2. The molecular formula is C18H25N3O2. The van der Waals surface area contributed by atoms with Crippen molar-refractivity contribution in [1.29, 1.82) is 0 Å². The number of nitrogens with one attached hydrogen (secondary N) is 1. The van der Waals surface area contributed by atoms with Gasteiger partial charge in [-0.1, -0.05) is 6.07 Å². The highest BCUT2D eigenvalue weighted by molar-refractivity contribution is 6.09. The summed E-state index contributed by atoms with van der Waals surface area (Å²) in [5, 5.41) is 3.27. The highest BCUT2D eigenvalue weighted by Crippen LogP contribution is 2.28. The van der Waals surface area contributed by atoms with E-state index in [4.69, 9.17) is 0 Å². The fourth-order valence-corrected chi connectivity index (χ4v) is 3.45. The summed E-state index contributed by atoms with van der Waals surface area (Å²) >= 11 is 0. The van der Waals surface area contributed by atoms with Gasteiger partial charge in [-0.15, -0.1) is 0 Å². The minimum Gasteiger partial charge on any atom is -0.341 e. The van der Waals surface area contributed by atoms with Crippen LogP contribution >= 0.6 is 0 Å². The number of amides is 2. The number of nitrogens with zero attached hydrogens (tertiary/aromatic N) is 2. The Kier molecular flexibility index (Phi) is 4.39. The van der Waals surface area contributed by atoms with Crippen molar-refractivity contribution in [2.45, 2.75) is 32.7 Å². The molecule has 2 aliphatic heterocycles. The van der Waals surface area contributed by atoms with Crippen LogP contribution in [0.5, 0.6) is 0 Å². The summed E-state index contributed by atoms with van der Waals surface area (Å²) in [6, 6.07) is 6.25. The van der Waals surface area contributed by atoms with Crippen molar-refractivity contribution in [3.8, 4) is 0 Å². The van der Waals surface area contributed by atoms with Crippen LogP contribution in [-0.4, -0.2) is 49.4 Å². The first-order valence-electron chi connectivity index (χ1n) is 8.35. The zero-order valence-corrected chi connectivity index (χ0v) is 14.1. The summed E-state index contributed by atoms with van der Waals surface area (Å²) < 4.78 is 0. The maximum absolute atomic E-state index is 12.7. The van der Waals surface area contributed by atoms with Crippen LogP contribution in [0.3, 0.4) is 0 Å². The predicted octanol–water partition coefficient (Wildman–Crippen LogP) is 1.48. The summed E-state index contributed by atoms with van der Waals surface area (Å²) in [5.41, 5.74) is 3.28. The Balaban J connectivity index is 1.73. The van der Waals surface area contributed by atoms with E-state index in [1.807, 2.05) is 32.2 Å². The summed E-state index contributed by atoms with van der Waals surface area (Å²) in [6.07, 6.45) is 1.57. The number of carbonyl (C=O) groups excluding carboxylic acids is 2. The van der Waals surface area contributed by atoms with Gasteiger partial charge < -0.3 is 15.1 Å². The lowest BCUT2D eigenvalue weighted by Gasteiger charge is -2.26. The molecule has 2 saturated heterocycles. The molecule has 23 heavy (non-hydrogen) atoms. The van der Waals surface area contributed by atoms with Gasteiger partial charge in [-0.2, -0.15) is 0 Å². The molecular weight excluding hydrogens is 290 g/mol. The van der Waals surface area contributed by atoms with Crippen LogP contribution in [0.25, 0.3) is 0 Å². The van der Waals surface area contributed by atoms with Crippen molar-refractivity contribution in [2.75, 3.05) is 31.6 Å². The van der Waals surface area contributed by atoms with E-state index in [1.54, 1.807) is 9.80 Å². The Bertz CT molecular complexity index is 623. The Labute approximate surface area is 137 Å². The molecule has 0 aromatic heterocycles. The van der Waals surface area contributed by atoms with E-state index in [9.17, 15) is 9.59 Å². The first-order valence-corrected chi connectivity index (χ1v) is 8.35. The lowest BCUT2D eigenvalue weighted by atomic mass is 10.1. The maximum Gasteiger partial charge on any atom is 0.239 e. The second kappa shape index (κ2) is 6.32. The molecule has 0 unspecified atom stereocenters. The smallest absolute Gasteiger partial charge is 0.239 e. The Morgan fingerprint density at radius 1 is 1.26 bits per heavy atom. The fraction of sp³-hybridized carbons (Fsp3) is 0.556. The number of benzene rings is 1. The molecule has 2 heterocycles. The van der Waals surface area contributed by atoms with E-state index in [0.717, 1.165) is 25.2 Å². The summed E-state index contributed by atoms with van der Waals surface area (Å²) in [7, 11) is 1.83. The molecule has 0 spiro atoms. The van der Waals surface area contributed by atoms with E-state index >= 15 is 0 Å². The monoisotopic (exact) mass is 315 g/mol. The second-order valence-electron chi connectivity index (χ2n) is 6.70. The largest absolute Gasteiger partial charge is 0.341 e. The molecule has 0 aliphatic carbocycles. The number of hydrogen-bond acceptors (Lipinski definition) is 3. The van der Waals surface area contributed by atoms with Gasteiger partial charge in [0, 0.05) is 31.9 Å². The van der Waals surface area contributed by atoms with Crippen LogP contribution < -0.4 is 10.2 Å². The number of likely N-dealkylation sites (N-methyl/N-ethyl adjacent to an activating group) is 1. The maximum atomic E-state index is 12.7. The highest BCUT2D eigenvalue weighted by Gasteiger charge is 2.40. The molecule has 1 N–H and O–H groups in total. The van der Waals surface area contributed by atoms with Crippen LogP contribution in [0.2, 0.25) is 0 Å². The summed E-state index contributed by atoms with van der Waals surface area (Å²) in [5.74, 6) is -0.617. The number of aryl methyl sites for hydroxylation is 2.